The van der Waals surface area contributed by atoms with Gasteiger partial charge < -0.3 is 5.32 Å². The molecule has 1 aliphatic carbocycles. The van der Waals surface area contributed by atoms with Crippen molar-refractivity contribution in [2.75, 3.05) is 18.6 Å². The molecular formula is C13H21BrN2O2S3. The van der Waals surface area contributed by atoms with Gasteiger partial charge in [0.2, 0.25) is 10.0 Å². The summed E-state index contributed by atoms with van der Waals surface area (Å²) in [6.45, 7) is 3.26. The topological polar surface area (TPSA) is 58.2 Å². The fourth-order valence-electron chi connectivity index (χ4n) is 1.87. The van der Waals surface area contributed by atoms with Crippen LogP contribution in [0.1, 0.15) is 24.6 Å². The van der Waals surface area contributed by atoms with E-state index in [1.807, 2.05) is 13.2 Å². The van der Waals surface area contributed by atoms with Crippen molar-refractivity contribution in [1.29, 1.82) is 0 Å². The Hall–Kier alpha value is 0.400. The molecule has 0 radical (unpaired) electrons. The predicted molar refractivity (Wildman–Crippen MR) is 94.6 cm³/mol. The minimum absolute atomic E-state index is 0.322. The molecule has 0 amide bonds. The summed E-state index contributed by atoms with van der Waals surface area (Å²) in [5, 5.41) is 3.40. The van der Waals surface area contributed by atoms with Gasteiger partial charge in [-0.1, -0.05) is 6.92 Å². The maximum absolute atomic E-state index is 12.4. The molecule has 1 aromatic heterocycles. The molecule has 0 aromatic carbocycles. The highest BCUT2D eigenvalue weighted by Gasteiger charge is 2.23. The Kier molecular flexibility index (Phi) is 6.58. The van der Waals surface area contributed by atoms with Crippen molar-refractivity contribution in [3.8, 4) is 0 Å². The summed E-state index contributed by atoms with van der Waals surface area (Å²) in [4.78, 5) is 1.41. The van der Waals surface area contributed by atoms with Crippen molar-refractivity contribution >= 4 is 49.1 Å². The van der Waals surface area contributed by atoms with Gasteiger partial charge in [0, 0.05) is 24.0 Å². The second-order valence-corrected chi connectivity index (χ2v) is 10.5. The molecular weight excluding hydrogens is 392 g/mol. The average molecular weight is 413 g/mol. The maximum atomic E-state index is 12.4. The Balaban J connectivity index is 1.97. The zero-order valence-electron chi connectivity index (χ0n) is 12.2. The summed E-state index contributed by atoms with van der Waals surface area (Å²) in [7, 11) is -3.43. The van der Waals surface area contributed by atoms with Crippen LogP contribution >= 0.6 is 39.0 Å². The summed E-state index contributed by atoms with van der Waals surface area (Å²) >= 11 is 6.60. The molecule has 0 bridgehead atoms. The van der Waals surface area contributed by atoms with E-state index in [2.05, 4.69) is 26.0 Å². The molecule has 1 saturated carbocycles. The van der Waals surface area contributed by atoms with Crippen molar-refractivity contribution in [2.45, 2.75) is 37.2 Å². The number of thioether (sulfide) groups is 1. The van der Waals surface area contributed by atoms with Gasteiger partial charge in [-0.15, -0.1) is 11.3 Å². The third kappa shape index (κ3) is 5.51. The maximum Gasteiger partial charge on any atom is 0.242 e. The highest BCUT2D eigenvalue weighted by Crippen LogP contribution is 2.32. The number of hydrogen-bond acceptors (Lipinski definition) is 5. The number of hydrogen-bond donors (Lipinski definition) is 2. The zero-order valence-corrected chi connectivity index (χ0v) is 16.2. The molecule has 2 N–H and O–H groups in total. The zero-order chi connectivity index (χ0) is 15.5. The average Bonchev–Trinajstić information content (AvgIpc) is 3.17. The first kappa shape index (κ1) is 17.7. The molecule has 21 heavy (non-hydrogen) atoms. The molecule has 1 heterocycles. The van der Waals surface area contributed by atoms with Crippen LogP contribution in [0, 0.1) is 5.92 Å². The third-order valence-electron chi connectivity index (χ3n) is 3.21. The van der Waals surface area contributed by atoms with Gasteiger partial charge in [0.1, 0.15) is 4.90 Å². The van der Waals surface area contributed by atoms with Crippen LogP contribution in [0.4, 0.5) is 0 Å². The van der Waals surface area contributed by atoms with Crippen LogP contribution in [0.3, 0.4) is 0 Å². The number of thiophene rings is 1. The lowest BCUT2D eigenvalue weighted by Crippen LogP contribution is -2.29. The van der Waals surface area contributed by atoms with E-state index >= 15 is 0 Å². The molecule has 4 nitrogen and oxygen atoms in total. The van der Waals surface area contributed by atoms with E-state index in [0.29, 0.717) is 27.2 Å². The van der Waals surface area contributed by atoms with Crippen molar-refractivity contribution in [3.05, 3.63) is 14.7 Å². The fraction of sp³-hybridized carbons (Fsp3) is 0.692. The summed E-state index contributed by atoms with van der Waals surface area (Å²) in [5.74, 6) is 1.27. The van der Waals surface area contributed by atoms with Crippen molar-refractivity contribution < 1.29 is 8.42 Å². The minimum Gasteiger partial charge on any atom is -0.309 e. The SMILES string of the molecule is CSCC(C)CNS(=O)(=O)c1cc(CNC2CC2)sc1Br. The van der Waals surface area contributed by atoms with Crippen LogP contribution in [-0.2, 0) is 16.6 Å². The first-order chi connectivity index (χ1) is 9.92. The third-order valence-corrected chi connectivity index (χ3v) is 7.79. The lowest BCUT2D eigenvalue weighted by Gasteiger charge is -2.11. The summed E-state index contributed by atoms with van der Waals surface area (Å²) < 4.78 is 28.1. The van der Waals surface area contributed by atoms with E-state index in [-0.39, 0.29) is 0 Å². The highest BCUT2D eigenvalue weighted by molar-refractivity contribution is 9.11. The van der Waals surface area contributed by atoms with Gasteiger partial charge in [-0.25, -0.2) is 13.1 Å². The molecule has 0 spiro atoms. The standard InChI is InChI=1S/C13H21BrN2O2S3/c1-9(8-19-2)6-16-21(17,18)12-5-11(20-13(12)14)7-15-10-3-4-10/h5,9-10,15-16H,3-4,6-8H2,1-2H3. The quantitative estimate of drug-likeness (QED) is 0.654. The van der Waals surface area contributed by atoms with E-state index in [1.54, 1.807) is 17.8 Å². The molecule has 2 rings (SSSR count). The van der Waals surface area contributed by atoms with Gasteiger partial charge in [0.15, 0.2) is 0 Å². The monoisotopic (exact) mass is 412 g/mol. The Labute approximate surface area is 143 Å². The number of sulfonamides is 1. The summed E-state index contributed by atoms with van der Waals surface area (Å²) in [6.07, 6.45) is 4.48. The van der Waals surface area contributed by atoms with Gasteiger partial charge in [0.25, 0.3) is 0 Å². The smallest absolute Gasteiger partial charge is 0.242 e. The van der Waals surface area contributed by atoms with E-state index in [9.17, 15) is 8.42 Å². The first-order valence-electron chi connectivity index (χ1n) is 6.92. The van der Waals surface area contributed by atoms with Crippen molar-refractivity contribution in [2.24, 2.45) is 5.92 Å². The van der Waals surface area contributed by atoms with Crippen molar-refractivity contribution in [1.82, 2.24) is 10.0 Å². The van der Waals surface area contributed by atoms with Gasteiger partial charge in [-0.05, 0) is 52.8 Å². The van der Waals surface area contributed by atoms with E-state index in [1.165, 1.54) is 24.2 Å². The second-order valence-electron chi connectivity index (χ2n) is 5.42. The van der Waals surface area contributed by atoms with Gasteiger partial charge in [-0.2, -0.15) is 11.8 Å². The first-order valence-corrected chi connectivity index (χ1v) is 11.4. The van der Waals surface area contributed by atoms with Gasteiger partial charge >= 0.3 is 0 Å². The van der Waals surface area contributed by atoms with Crippen molar-refractivity contribution in [3.63, 3.8) is 0 Å². The predicted octanol–water partition coefficient (Wildman–Crippen LogP) is 3.04. The van der Waals surface area contributed by atoms with Crippen LogP contribution in [0.25, 0.3) is 0 Å². The Morgan fingerprint density at radius 3 is 2.86 bits per heavy atom. The molecule has 1 aromatic rings. The van der Waals surface area contributed by atoms with Crippen LogP contribution in [0.5, 0.6) is 0 Å². The molecule has 120 valence electrons. The fourth-order valence-corrected chi connectivity index (χ4v) is 6.36. The van der Waals surface area contributed by atoms with Crippen LogP contribution in [-0.4, -0.2) is 33.0 Å². The molecule has 1 unspecified atom stereocenters. The normalized spacial score (nSPS) is 17.1. The second kappa shape index (κ2) is 7.79. The largest absolute Gasteiger partial charge is 0.309 e. The molecule has 8 heteroatoms. The molecule has 0 aliphatic heterocycles. The van der Waals surface area contributed by atoms with Gasteiger partial charge in [-0.3, -0.25) is 0 Å². The molecule has 1 atom stereocenters. The lowest BCUT2D eigenvalue weighted by atomic mass is 10.2. The van der Waals surface area contributed by atoms with E-state index < -0.39 is 10.0 Å². The Bertz CT molecular complexity index is 570. The molecule has 1 aliphatic rings. The number of nitrogens with one attached hydrogen (secondary N) is 2. The van der Waals surface area contributed by atoms with Crippen LogP contribution in [0.2, 0.25) is 0 Å². The van der Waals surface area contributed by atoms with E-state index in [0.717, 1.165) is 17.2 Å². The van der Waals surface area contributed by atoms with E-state index in [4.69, 9.17) is 0 Å². The summed E-state index contributed by atoms with van der Waals surface area (Å²) in [5.41, 5.74) is 0. The van der Waals surface area contributed by atoms with Gasteiger partial charge in [0.05, 0.1) is 3.79 Å². The van der Waals surface area contributed by atoms with Crippen LogP contribution < -0.4 is 10.0 Å². The van der Waals surface area contributed by atoms with Crippen LogP contribution in [0.15, 0.2) is 14.7 Å². The number of rotatable bonds is 9. The summed E-state index contributed by atoms with van der Waals surface area (Å²) in [6, 6.07) is 2.39. The Morgan fingerprint density at radius 2 is 2.24 bits per heavy atom. The number of halogens is 1. The molecule has 0 saturated heterocycles. The minimum atomic E-state index is -3.43. The Morgan fingerprint density at radius 1 is 1.52 bits per heavy atom. The lowest BCUT2D eigenvalue weighted by molar-refractivity contribution is 0.562. The molecule has 1 fully saturated rings. The highest BCUT2D eigenvalue weighted by atomic mass is 79.9.